The van der Waals surface area contributed by atoms with Gasteiger partial charge in [0.25, 0.3) is 5.69 Å². The summed E-state index contributed by atoms with van der Waals surface area (Å²) < 4.78 is 1.68. The van der Waals surface area contributed by atoms with Gasteiger partial charge >= 0.3 is 0 Å². The molecule has 0 spiro atoms. The number of fused-ring (bicyclic) bond motifs is 1. The molecule has 2 aromatic heterocycles. The molecule has 2 heterocycles. The SMILES string of the molecule is Cc1ccn2c(C#N)c(-c3cccc([N+](=O)[O-])c3)nc2c1. The van der Waals surface area contributed by atoms with E-state index < -0.39 is 4.92 Å². The quantitative estimate of drug-likeness (QED) is 0.532. The molecule has 0 aliphatic heterocycles. The van der Waals surface area contributed by atoms with Gasteiger partial charge in [0.15, 0.2) is 5.69 Å². The van der Waals surface area contributed by atoms with Crippen molar-refractivity contribution >= 4 is 11.3 Å². The molecular weight excluding hydrogens is 268 g/mol. The van der Waals surface area contributed by atoms with E-state index >= 15 is 0 Å². The maximum absolute atomic E-state index is 10.9. The summed E-state index contributed by atoms with van der Waals surface area (Å²) in [5.74, 6) is 0. The summed E-state index contributed by atoms with van der Waals surface area (Å²) in [6, 6.07) is 12.0. The number of benzene rings is 1. The first-order valence-electron chi connectivity index (χ1n) is 6.24. The summed E-state index contributed by atoms with van der Waals surface area (Å²) in [6.07, 6.45) is 1.77. The lowest BCUT2D eigenvalue weighted by atomic mass is 10.1. The van der Waals surface area contributed by atoms with Gasteiger partial charge in [-0.05, 0) is 24.6 Å². The van der Waals surface area contributed by atoms with Crippen LogP contribution in [0.5, 0.6) is 0 Å². The zero-order valence-corrected chi connectivity index (χ0v) is 11.1. The van der Waals surface area contributed by atoms with E-state index in [0.29, 0.717) is 22.6 Å². The van der Waals surface area contributed by atoms with Crippen LogP contribution in [0, 0.1) is 28.4 Å². The van der Waals surface area contributed by atoms with Crippen LogP contribution < -0.4 is 0 Å². The second-order valence-corrected chi connectivity index (χ2v) is 4.66. The molecule has 6 nitrogen and oxygen atoms in total. The molecule has 0 bridgehead atoms. The molecule has 0 fully saturated rings. The van der Waals surface area contributed by atoms with Crippen LogP contribution in [0.1, 0.15) is 11.3 Å². The molecule has 6 heteroatoms. The number of nitriles is 1. The first-order valence-corrected chi connectivity index (χ1v) is 6.24. The zero-order valence-electron chi connectivity index (χ0n) is 11.1. The highest BCUT2D eigenvalue weighted by Crippen LogP contribution is 2.27. The number of aromatic nitrogens is 2. The van der Waals surface area contributed by atoms with Gasteiger partial charge in [0.05, 0.1) is 4.92 Å². The molecule has 0 atom stereocenters. The van der Waals surface area contributed by atoms with Crippen LogP contribution in [0.15, 0.2) is 42.6 Å². The predicted molar refractivity (Wildman–Crippen MR) is 76.7 cm³/mol. The number of nitrogens with zero attached hydrogens (tertiary/aromatic N) is 4. The molecule has 0 saturated carbocycles. The van der Waals surface area contributed by atoms with E-state index in [-0.39, 0.29) is 5.69 Å². The number of rotatable bonds is 2. The van der Waals surface area contributed by atoms with Gasteiger partial charge in [-0.25, -0.2) is 4.98 Å². The largest absolute Gasteiger partial charge is 0.291 e. The van der Waals surface area contributed by atoms with E-state index in [9.17, 15) is 15.4 Å². The fourth-order valence-corrected chi connectivity index (χ4v) is 2.22. The Labute approximate surface area is 120 Å². The van der Waals surface area contributed by atoms with Crippen molar-refractivity contribution in [2.45, 2.75) is 6.92 Å². The lowest BCUT2D eigenvalue weighted by Gasteiger charge is -1.98. The number of imidazole rings is 1. The van der Waals surface area contributed by atoms with E-state index in [0.717, 1.165) is 5.56 Å². The number of hydrogen-bond acceptors (Lipinski definition) is 4. The predicted octanol–water partition coefficient (Wildman–Crippen LogP) is 3.09. The highest BCUT2D eigenvalue weighted by Gasteiger charge is 2.16. The van der Waals surface area contributed by atoms with Crippen molar-refractivity contribution in [2.24, 2.45) is 0 Å². The standard InChI is InChI=1S/C15H10N4O2/c1-10-5-6-18-13(9-16)15(17-14(18)7-10)11-3-2-4-12(8-11)19(20)21/h2-8H,1H3. The van der Waals surface area contributed by atoms with Crippen LogP contribution in [-0.2, 0) is 0 Å². The number of nitro groups is 1. The van der Waals surface area contributed by atoms with Crippen molar-refractivity contribution in [1.82, 2.24) is 9.38 Å². The summed E-state index contributed by atoms with van der Waals surface area (Å²) in [5.41, 5.74) is 3.03. The van der Waals surface area contributed by atoms with Crippen LogP contribution in [-0.4, -0.2) is 14.3 Å². The average Bonchev–Trinajstić information content (AvgIpc) is 2.84. The van der Waals surface area contributed by atoms with Crippen LogP contribution >= 0.6 is 0 Å². The molecule has 0 N–H and O–H groups in total. The molecule has 3 aromatic rings. The smallest absolute Gasteiger partial charge is 0.270 e. The molecule has 3 rings (SSSR count). The van der Waals surface area contributed by atoms with Gasteiger partial charge in [-0.15, -0.1) is 0 Å². The van der Waals surface area contributed by atoms with E-state index in [1.54, 1.807) is 22.7 Å². The van der Waals surface area contributed by atoms with Crippen molar-refractivity contribution in [3.05, 3.63) is 64.0 Å². The normalized spacial score (nSPS) is 10.5. The van der Waals surface area contributed by atoms with Crippen LogP contribution in [0.3, 0.4) is 0 Å². The first kappa shape index (κ1) is 12.8. The minimum Gasteiger partial charge on any atom is -0.291 e. The molecule has 0 saturated heterocycles. The molecule has 0 aliphatic carbocycles. The van der Waals surface area contributed by atoms with E-state index in [1.165, 1.54) is 12.1 Å². The van der Waals surface area contributed by atoms with Crippen LogP contribution in [0.2, 0.25) is 0 Å². The fraction of sp³-hybridized carbons (Fsp3) is 0.0667. The summed E-state index contributed by atoms with van der Waals surface area (Å²) in [4.78, 5) is 14.8. The Hall–Kier alpha value is -3.20. The van der Waals surface area contributed by atoms with Crippen LogP contribution in [0.4, 0.5) is 5.69 Å². The lowest BCUT2D eigenvalue weighted by Crippen LogP contribution is -1.91. The highest BCUT2D eigenvalue weighted by molar-refractivity contribution is 5.71. The average molecular weight is 278 g/mol. The van der Waals surface area contributed by atoms with Gasteiger partial charge in [-0.2, -0.15) is 5.26 Å². The molecule has 0 radical (unpaired) electrons. The number of hydrogen-bond donors (Lipinski definition) is 0. The van der Waals surface area contributed by atoms with Gasteiger partial charge in [-0.1, -0.05) is 12.1 Å². The molecule has 102 valence electrons. The topological polar surface area (TPSA) is 84.2 Å². The van der Waals surface area contributed by atoms with E-state index in [1.807, 2.05) is 19.1 Å². The number of aryl methyl sites for hydroxylation is 1. The Morgan fingerprint density at radius 1 is 1.33 bits per heavy atom. The second kappa shape index (κ2) is 4.72. The van der Waals surface area contributed by atoms with Crippen LogP contribution in [0.25, 0.3) is 16.9 Å². The molecule has 21 heavy (non-hydrogen) atoms. The maximum Gasteiger partial charge on any atom is 0.270 e. The van der Waals surface area contributed by atoms with Crippen molar-refractivity contribution in [2.75, 3.05) is 0 Å². The lowest BCUT2D eigenvalue weighted by molar-refractivity contribution is -0.384. The summed E-state index contributed by atoms with van der Waals surface area (Å²) >= 11 is 0. The Balaban J connectivity index is 2.27. The third kappa shape index (κ3) is 2.11. The molecule has 0 amide bonds. The monoisotopic (exact) mass is 278 g/mol. The first-order chi connectivity index (χ1) is 10.1. The number of pyridine rings is 1. The highest BCUT2D eigenvalue weighted by atomic mass is 16.6. The maximum atomic E-state index is 10.9. The minimum absolute atomic E-state index is 0.0235. The van der Waals surface area contributed by atoms with Crippen molar-refractivity contribution < 1.29 is 4.92 Å². The summed E-state index contributed by atoms with van der Waals surface area (Å²) in [7, 11) is 0. The third-order valence-corrected chi connectivity index (χ3v) is 3.22. The molecular formula is C15H10N4O2. The Morgan fingerprint density at radius 2 is 2.14 bits per heavy atom. The molecule has 1 aromatic carbocycles. The van der Waals surface area contributed by atoms with Gasteiger partial charge in [0.1, 0.15) is 17.4 Å². The second-order valence-electron chi connectivity index (χ2n) is 4.66. The van der Waals surface area contributed by atoms with Gasteiger partial charge < -0.3 is 0 Å². The summed E-state index contributed by atoms with van der Waals surface area (Å²) in [6.45, 7) is 1.94. The van der Waals surface area contributed by atoms with E-state index in [4.69, 9.17) is 0 Å². The van der Waals surface area contributed by atoms with Crippen molar-refractivity contribution in [3.8, 4) is 17.3 Å². The minimum atomic E-state index is -0.463. The number of nitro benzene ring substituents is 1. The van der Waals surface area contributed by atoms with E-state index in [2.05, 4.69) is 11.1 Å². The number of non-ortho nitro benzene ring substituents is 1. The Bertz CT molecular complexity index is 906. The third-order valence-electron chi connectivity index (χ3n) is 3.22. The van der Waals surface area contributed by atoms with Crippen molar-refractivity contribution in [1.29, 1.82) is 5.26 Å². The zero-order chi connectivity index (χ0) is 15.0. The Kier molecular flexibility index (Phi) is 2.88. The van der Waals surface area contributed by atoms with Crippen molar-refractivity contribution in [3.63, 3.8) is 0 Å². The Morgan fingerprint density at radius 3 is 2.86 bits per heavy atom. The van der Waals surface area contributed by atoms with Gasteiger partial charge in [0, 0.05) is 23.9 Å². The summed E-state index contributed by atoms with van der Waals surface area (Å²) in [5, 5.41) is 20.2. The molecule has 0 unspecified atom stereocenters. The molecule has 0 aliphatic rings. The van der Waals surface area contributed by atoms with Gasteiger partial charge in [-0.3, -0.25) is 14.5 Å². The van der Waals surface area contributed by atoms with Gasteiger partial charge in [0.2, 0.25) is 0 Å². The fourth-order valence-electron chi connectivity index (χ4n) is 2.22.